The van der Waals surface area contributed by atoms with Crippen molar-refractivity contribution in [3.63, 3.8) is 0 Å². The van der Waals surface area contributed by atoms with Gasteiger partial charge in [-0.1, -0.05) is 135 Å². The molecule has 254 valence electrons. The summed E-state index contributed by atoms with van der Waals surface area (Å²) in [5, 5.41) is 4.84. The third kappa shape index (κ3) is 4.00. The van der Waals surface area contributed by atoms with Crippen molar-refractivity contribution >= 4 is 43.7 Å². The van der Waals surface area contributed by atoms with Gasteiger partial charge in [0, 0.05) is 38.6 Å². The van der Waals surface area contributed by atoms with Crippen LogP contribution in [0.3, 0.4) is 0 Å². The van der Waals surface area contributed by atoms with Crippen molar-refractivity contribution in [2.45, 2.75) is 25.2 Å². The molecule has 0 amide bonds. The van der Waals surface area contributed by atoms with E-state index in [1.54, 1.807) is 0 Å². The molecule has 10 aromatic rings. The zero-order chi connectivity index (χ0) is 35.7. The largest absolute Gasteiger partial charge is 0.456 e. The van der Waals surface area contributed by atoms with E-state index in [-0.39, 0.29) is 11.3 Å². The molecular formula is C52H35NO. The summed E-state index contributed by atoms with van der Waals surface area (Å²) < 4.78 is 8.80. The maximum absolute atomic E-state index is 6.28. The summed E-state index contributed by atoms with van der Waals surface area (Å²) in [6.07, 6.45) is 0. The standard InChI is InChI=1S/C52H35NO/c1-52(2)45-20-10-7-15-37(45)42-29-43-38-16-8-11-21-47(38)53(48(43)30-46(42)52)34-26-32(31-23-24-50-44(28-31)39-17-9-12-22-49(39)54-50)25-33(27-34)51-40-18-5-3-13-35(40)36-14-4-6-19-41(36)51/h3-30,51H,1-2H3. The van der Waals surface area contributed by atoms with Crippen LogP contribution in [-0.2, 0) is 5.41 Å². The molecule has 0 saturated carbocycles. The van der Waals surface area contributed by atoms with Crippen LogP contribution in [0, 0.1) is 0 Å². The summed E-state index contributed by atoms with van der Waals surface area (Å²) in [5.74, 6) is 0.111. The lowest BCUT2D eigenvalue weighted by atomic mass is 9.82. The Balaban J connectivity index is 1.16. The monoisotopic (exact) mass is 689 g/mol. The van der Waals surface area contributed by atoms with Crippen LogP contribution in [-0.4, -0.2) is 4.57 Å². The molecule has 2 aromatic heterocycles. The highest BCUT2D eigenvalue weighted by molar-refractivity contribution is 6.12. The maximum atomic E-state index is 6.28. The minimum absolute atomic E-state index is 0.103. The molecule has 0 fully saturated rings. The van der Waals surface area contributed by atoms with Crippen LogP contribution in [0.5, 0.6) is 0 Å². The maximum Gasteiger partial charge on any atom is 0.135 e. The quantitative estimate of drug-likeness (QED) is 0.181. The van der Waals surface area contributed by atoms with Crippen LogP contribution >= 0.6 is 0 Å². The summed E-state index contributed by atoms with van der Waals surface area (Å²) >= 11 is 0. The van der Waals surface area contributed by atoms with Gasteiger partial charge < -0.3 is 8.98 Å². The van der Waals surface area contributed by atoms with E-state index in [1.165, 1.54) is 88.7 Å². The first-order valence-electron chi connectivity index (χ1n) is 19.0. The molecule has 0 aliphatic heterocycles. The third-order valence-electron chi connectivity index (χ3n) is 12.5. The molecule has 0 N–H and O–H groups in total. The van der Waals surface area contributed by atoms with Crippen LogP contribution < -0.4 is 0 Å². The lowest BCUT2D eigenvalue weighted by Gasteiger charge is -2.22. The Bertz CT molecular complexity index is 3160. The first-order chi connectivity index (χ1) is 26.5. The fraction of sp³-hybridized carbons (Fsp3) is 0.0769. The SMILES string of the molecule is CC1(C)c2ccccc2-c2cc3c4ccccc4n(-c4cc(-c5ccc6oc7ccccc7c6c5)cc(C5c6ccccc6-c6ccccc65)c4)c3cc21. The molecule has 0 saturated heterocycles. The molecule has 0 spiro atoms. The average Bonchev–Trinajstić information content (AvgIpc) is 3.92. The number of fused-ring (bicyclic) bond motifs is 12. The van der Waals surface area contributed by atoms with E-state index in [2.05, 4.69) is 182 Å². The minimum atomic E-state index is -0.103. The van der Waals surface area contributed by atoms with Crippen molar-refractivity contribution < 1.29 is 4.42 Å². The second-order valence-electron chi connectivity index (χ2n) is 15.7. The zero-order valence-corrected chi connectivity index (χ0v) is 30.1. The van der Waals surface area contributed by atoms with Gasteiger partial charge in [-0.25, -0.2) is 0 Å². The number of benzene rings is 8. The Morgan fingerprint density at radius 3 is 1.93 bits per heavy atom. The smallest absolute Gasteiger partial charge is 0.135 e. The normalized spacial score (nSPS) is 14.2. The first kappa shape index (κ1) is 29.9. The van der Waals surface area contributed by atoms with Crippen LogP contribution in [0.25, 0.3) is 82.8 Å². The van der Waals surface area contributed by atoms with Crippen molar-refractivity contribution in [1.29, 1.82) is 0 Å². The fourth-order valence-corrected chi connectivity index (χ4v) is 9.96. The van der Waals surface area contributed by atoms with Gasteiger partial charge in [0.1, 0.15) is 11.2 Å². The molecule has 2 nitrogen and oxygen atoms in total. The number of furan rings is 1. The molecule has 54 heavy (non-hydrogen) atoms. The number of hydrogen-bond donors (Lipinski definition) is 0. The Kier molecular flexibility index (Phi) is 5.93. The van der Waals surface area contributed by atoms with Crippen molar-refractivity contribution in [3.05, 3.63) is 198 Å². The van der Waals surface area contributed by atoms with Gasteiger partial charge in [-0.2, -0.15) is 0 Å². The van der Waals surface area contributed by atoms with Crippen molar-refractivity contribution in [3.8, 4) is 39.1 Å². The van der Waals surface area contributed by atoms with E-state index in [4.69, 9.17) is 4.42 Å². The van der Waals surface area contributed by atoms with Crippen LogP contribution in [0.15, 0.2) is 174 Å². The van der Waals surface area contributed by atoms with Crippen LogP contribution in [0.1, 0.15) is 47.6 Å². The van der Waals surface area contributed by atoms with E-state index < -0.39 is 0 Å². The Labute approximate surface area is 313 Å². The molecule has 2 heterocycles. The van der Waals surface area contributed by atoms with Gasteiger partial charge in [0.05, 0.1) is 11.0 Å². The highest BCUT2D eigenvalue weighted by Gasteiger charge is 2.36. The van der Waals surface area contributed by atoms with Crippen molar-refractivity contribution in [2.24, 2.45) is 0 Å². The molecule has 2 aliphatic rings. The van der Waals surface area contributed by atoms with Gasteiger partial charge in [0.15, 0.2) is 0 Å². The summed E-state index contributed by atoms with van der Waals surface area (Å²) in [6, 6.07) is 63.1. The summed E-state index contributed by atoms with van der Waals surface area (Å²) in [4.78, 5) is 0. The number of aromatic nitrogens is 1. The number of hydrogen-bond acceptors (Lipinski definition) is 1. The van der Waals surface area contributed by atoms with Gasteiger partial charge >= 0.3 is 0 Å². The Morgan fingerprint density at radius 2 is 1.11 bits per heavy atom. The molecule has 0 radical (unpaired) electrons. The molecule has 2 heteroatoms. The highest BCUT2D eigenvalue weighted by atomic mass is 16.3. The molecular weight excluding hydrogens is 655 g/mol. The van der Waals surface area contributed by atoms with E-state index >= 15 is 0 Å². The molecule has 0 unspecified atom stereocenters. The van der Waals surface area contributed by atoms with E-state index in [0.29, 0.717) is 0 Å². The van der Waals surface area contributed by atoms with Gasteiger partial charge in [0.25, 0.3) is 0 Å². The topological polar surface area (TPSA) is 18.1 Å². The van der Waals surface area contributed by atoms with Gasteiger partial charge in [-0.15, -0.1) is 0 Å². The molecule has 2 aliphatic carbocycles. The molecule has 0 atom stereocenters. The first-order valence-corrected chi connectivity index (χ1v) is 19.0. The van der Waals surface area contributed by atoms with Crippen LogP contribution in [0.2, 0.25) is 0 Å². The lowest BCUT2D eigenvalue weighted by molar-refractivity contribution is 0.661. The number of nitrogens with zero attached hydrogens (tertiary/aromatic N) is 1. The highest BCUT2D eigenvalue weighted by Crippen LogP contribution is 2.52. The van der Waals surface area contributed by atoms with E-state index in [0.717, 1.165) is 21.9 Å². The summed E-state index contributed by atoms with van der Waals surface area (Å²) in [6.45, 7) is 4.75. The zero-order valence-electron chi connectivity index (χ0n) is 30.1. The minimum Gasteiger partial charge on any atom is -0.456 e. The van der Waals surface area contributed by atoms with E-state index in [9.17, 15) is 0 Å². The van der Waals surface area contributed by atoms with Crippen molar-refractivity contribution in [2.75, 3.05) is 0 Å². The van der Waals surface area contributed by atoms with Gasteiger partial charge in [0.2, 0.25) is 0 Å². The number of rotatable bonds is 3. The Hall–Kier alpha value is -6.64. The lowest BCUT2D eigenvalue weighted by Crippen LogP contribution is -2.15. The van der Waals surface area contributed by atoms with E-state index in [1.807, 2.05) is 6.07 Å². The average molecular weight is 690 g/mol. The third-order valence-corrected chi connectivity index (χ3v) is 12.5. The fourth-order valence-electron chi connectivity index (χ4n) is 9.96. The Morgan fingerprint density at radius 1 is 0.444 bits per heavy atom. The molecule has 12 rings (SSSR count). The summed E-state index contributed by atoms with van der Waals surface area (Å²) in [7, 11) is 0. The van der Waals surface area contributed by atoms with Crippen molar-refractivity contribution in [1.82, 2.24) is 4.57 Å². The van der Waals surface area contributed by atoms with Gasteiger partial charge in [-0.05, 0) is 110 Å². The molecule has 8 aromatic carbocycles. The van der Waals surface area contributed by atoms with Gasteiger partial charge in [-0.3, -0.25) is 0 Å². The number of para-hydroxylation sites is 2. The second-order valence-corrected chi connectivity index (χ2v) is 15.7. The predicted molar refractivity (Wildman–Crippen MR) is 224 cm³/mol. The predicted octanol–water partition coefficient (Wildman–Crippen LogP) is 13.8. The molecule has 0 bridgehead atoms. The summed E-state index contributed by atoms with van der Waals surface area (Å²) in [5.41, 5.74) is 19.8. The second kappa shape index (κ2) is 10.7. The van der Waals surface area contributed by atoms with Crippen LogP contribution in [0.4, 0.5) is 0 Å².